The maximum Gasteiger partial charge on any atom is 0.182 e. The van der Waals surface area contributed by atoms with Crippen molar-refractivity contribution in [3.63, 3.8) is 0 Å². The van der Waals surface area contributed by atoms with E-state index in [2.05, 4.69) is 5.16 Å². The summed E-state index contributed by atoms with van der Waals surface area (Å²) in [4.78, 5) is 0. The number of rotatable bonds is 0. The summed E-state index contributed by atoms with van der Waals surface area (Å²) in [5, 5.41) is 3.72. The molecule has 11 heavy (non-hydrogen) atoms. The average molecular weight is 172 g/mol. The molecule has 0 aliphatic heterocycles. The first-order chi connectivity index (χ1) is 5.29. The molecule has 0 saturated carbocycles. The lowest BCUT2D eigenvalue weighted by molar-refractivity contribution is 0.456. The Morgan fingerprint density at radius 3 is 3.00 bits per heavy atom. The summed E-state index contributed by atoms with van der Waals surface area (Å²) in [6, 6.07) is 4.46. The third-order valence-corrected chi connectivity index (χ3v) is 1.66. The molecule has 56 valence electrons. The molecule has 2 nitrogen and oxygen atoms in total. The SMILES string of the molecule is Fc1cccc2onc(Cl)c12. The highest BCUT2D eigenvalue weighted by molar-refractivity contribution is 6.34. The molecule has 0 atom stereocenters. The van der Waals surface area contributed by atoms with Gasteiger partial charge in [0.2, 0.25) is 0 Å². The standard InChI is InChI=1S/C7H3ClFNO/c8-7-6-4(9)2-1-3-5(6)11-10-7/h1-3H. The summed E-state index contributed by atoms with van der Waals surface area (Å²) in [5.74, 6) is -0.409. The molecule has 1 aromatic heterocycles. The summed E-state index contributed by atoms with van der Waals surface area (Å²) in [5.41, 5.74) is 0.370. The van der Waals surface area contributed by atoms with E-state index >= 15 is 0 Å². The lowest BCUT2D eigenvalue weighted by atomic mass is 10.2. The summed E-state index contributed by atoms with van der Waals surface area (Å²) in [6.07, 6.45) is 0. The van der Waals surface area contributed by atoms with E-state index in [-0.39, 0.29) is 10.5 Å². The Labute approximate surface area is 66.5 Å². The van der Waals surface area contributed by atoms with E-state index in [9.17, 15) is 4.39 Å². The van der Waals surface area contributed by atoms with Crippen molar-refractivity contribution < 1.29 is 8.91 Å². The molecular weight excluding hydrogens is 169 g/mol. The summed E-state index contributed by atoms with van der Waals surface area (Å²) >= 11 is 5.53. The highest BCUT2D eigenvalue weighted by Gasteiger charge is 2.09. The maximum absolute atomic E-state index is 12.9. The Morgan fingerprint density at radius 2 is 2.27 bits per heavy atom. The predicted octanol–water partition coefficient (Wildman–Crippen LogP) is 2.62. The second kappa shape index (κ2) is 2.20. The number of benzene rings is 1. The number of nitrogens with zero attached hydrogens (tertiary/aromatic N) is 1. The molecule has 0 aliphatic rings. The Hall–Kier alpha value is -1.09. The van der Waals surface area contributed by atoms with Crippen LogP contribution in [0.3, 0.4) is 0 Å². The van der Waals surface area contributed by atoms with E-state index in [1.165, 1.54) is 6.07 Å². The zero-order valence-corrected chi connectivity index (χ0v) is 6.10. The van der Waals surface area contributed by atoms with Crippen molar-refractivity contribution in [2.75, 3.05) is 0 Å². The zero-order valence-electron chi connectivity index (χ0n) is 5.34. The van der Waals surface area contributed by atoms with Crippen molar-refractivity contribution >= 4 is 22.6 Å². The van der Waals surface area contributed by atoms with Gasteiger partial charge in [-0.2, -0.15) is 0 Å². The van der Waals surface area contributed by atoms with Gasteiger partial charge in [-0.3, -0.25) is 0 Å². The average Bonchev–Trinajstić information content (AvgIpc) is 2.34. The van der Waals surface area contributed by atoms with Crippen LogP contribution in [0.1, 0.15) is 0 Å². The third kappa shape index (κ3) is 0.886. The van der Waals surface area contributed by atoms with E-state index in [1.807, 2.05) is 0 Å². The van der Waals surface area contributed by atoms with E-state index in [4.69, 9.17) is 16.1 Å². The molecule has 0 radical (unpaired) electrons. The van der Waals surface area contributed by atoms with Gasteiger partial charge in [-0.25, -0.2) is 4.39 Å². The van der Waals surface area contributed by atoms with Gasteiger partial charge < -0.3 is 4.52 Å². The zero-order chi connectivity index (χ0) is 7.84. The molecule has 2 rings (SSSR count). The van der Waals surface area contributed by atoms with E-state index in [0.717, 1.165) is 0 Å². The van der Waals surface area contributed by atoms with Gasteiger partial charge in [0.05, 0.1) is 5.39 Å². The van der Waals surface area contributed by atoms with Crippen LogP contribution in [0.5, 0.6) is 0 Å². The quantitative estimate of drug-likeness (QED) is 0.609. The van der Waals surface area contributed by atoms with Crippen molar-refractivity contribution in [2.45, 2.75) is 0 Å². The first-order valence-electron chi connectivity index (χ1n) is 2.98. The second-order valence-electron chi connectivity index (χ2n) is 2.09. The van der Waals surface area contributed by atoms with Gasteiger partial charge in [0.1, 0.15) is 5.82 Å². The summed E-state index contributed by atoms with van der Waals surface area (Å²) in [7, 11) is 0. The van der Waals surface area contributed by atoms with Crippen molar-refractivity contribution in [1.29, 1.82) is 0 Å². The van der Waals surface area contributed by atoms with E-state index in [0.29, 0.717) is 5.58 Å². The minimum Gasteiger partial charge on any atom is -0.355 e. The van der Waals surface area contributed by atoms with Crippen LogP contribution in [-0.2, 0) is 0 Å². The molecule has 0 amide bonds. The van der Waals surface area contributed by atoms with Gasteiger partial charge in [0, 0.05) is 0 Å². The molecule has 0 spiro atoms. The van der Waals surface area contributed by atoms with Crippen molar-refractivity contribution in [3.8, 4) is 0 Å². The van der Waals surface area contributed by atoms with Crippen LogP contribution in [0.25, 0.3) is 11.0 Å². The first-order valence-corrected chi connectivity index (χ1v) is 3.36. The van der Waals surface area contributed by atoms with Crippen LogP contribution in [0, 0.1) is 5.82 Å². The highest BCUT2D eigenvalue weighted by Crippen LogP contribution is 2.24. The molecule has 4 heteroatoms. The van der Waals surface area contributed by atoms with Crippen LogP contribution in [-0.4, -0.2) is 5.16 Å². The minimum absolute atomic E-state index is 0.0677. The predicted molar refractivity (Wildman–Crippen MR) is 39.0 cm³/mol. The fourth-order valence-corrected chi connectivity index (χ4v) is 1.13. The number of halogens is 2. The molecule has 0 saturated heterocycles. The number of aromatic nitrogens is 1. The highest BCUT2D eigenvalue weighted by atomic mass is 35.5. The molecule has 0 fully saturated rings. The van der Waals surface area contributed by atoms with Crippen LogP contribution >= 0.6 is 11.6 Å². The topological polar surface area (TPSA) is 26.0 Å². The van der Waals surface area contributed by atoms with Gasteiger partial charge in [-0.05, 0) is 12.1 Å². The van der Waals surface area contributed by atoms with Crippen LogP contribution < -0.4 is 0 Å². The Balaban J connectivity index is 2.96. The van der Waals surface area contributed by atoms with Gasteiger partial charge in [0.25, 0.3) is 0 Å². The Morgan fingerprint density at radius 1 is 1.45 bits per heavy atom. The minimum atomic E-state index is -0.409. The summed E-state index contributed by atoms with van der Waals surface area (Å²) in [6.45, 7) is 0. The van der Waals surface area contributed by atoms with E-state index in [1.54, 1.807) is 12.1 Å². The molecule has 1 heterocycles. The molecular formula is C7H3ClFNO. The molecule has 1 aromatic carbocycles. The molecule has 0 aliphatic carbocycles. The summed E-state index contributed by atoms with van der Waals surface area (Å²) < 4.78 is 17.6. The molecule has 0 bridgehead atoms. The van der Waals surface area contributed by atoms with Crippen molar-refractivity contribution in [1.82, 2.24) is 5.16 Å². The van der Waals surface area contributed by atoms with Crippen molar-refractivity contribution in [2.24, 2.45) is 0 Å². The van der Waals surface area contributed by atoms with Crippen LogP contribution in [0.15, 0.2) is 22.7 Å². The van der Waals surface area contributed by atoms with Crippen LogP contribution in [0.2, 0.25) is 5.15 Å². The largest absolute Gasteiger partial charge is 0.355 e. The number of hydrogen-bond donors (Lipinski definition) is 0. The van der Waals surface area contributed by atoms with Crippen LogP contribution in [0.4, 0.5) is 4.39 Å². The normalized spacial score (nSPS) is 10.7. The molecule has 0 N–H and O–H groups in total. The van der Waals surface area contributed by atoms with Gasteiger partial charge >= 0.3 is 0 Å². The number of hydrogen-bond acceptors (Lipinski definition) is 2. The fourth-order valence-electron chi connectivity index (χ4n) is 0.916. The third-order valence-electron chi connectivity index (χ3n) is 1.41. The maximum atomic E-state index is 12.9. The van der Waals surface area contributed by atoms with Crippen molar-refractivity contribution in [3.05, 3.63) is 29.2 Å². The monoisotopic (exact) mass is 171 g/mol. The Kier molecular flexibility index (Phi) is 1.32. The fraction of sp³-hybridized carbons (Fsp3) is 0. The lowest BCUT2D eigenvalue weighted by Crippen LogP contribution is -1.73. The molecule has 0 unspecified atom stereocenters. The lowest BCUT2D eigenvalue weighted by Gasteiger charge is -1.86. The van der Waals surface area contributed by atoms with Gasteiger partial charge in [0.15, 0.2) is 10.7 Å². The molecule has 2 aromatic rings. The Bertz CT molecular complexity index is 398. The number of fused-ring (bicyclic) bond motifs is 1. The van der Waals surface area contributed by atoms with Gasteiger partial charge in [-0.1, -0.05) is 22.8 Å². The van der Waals surface area contributed by atoms with E-state index < -0.39 is 5.82 Å². The second-order valence-corrected chi connectivity index (χ2v) is 2.44. The van der Waals surface area contributed by atoms with Gasteiger partial charge in [-0.15, -0.1) is 0 Å². The smallest absolute Gasteiger partial charge is 0.182 e. The first kappa shape index (κ1) is 6.61.